The summed E-state index contributed by atoms with van der Waals surface area (Å²) in [4.78, 5) is 1.31. The topological polar surface area (TPSA) is 29.5 Å². The molecule has 2 atom stereocenters. The second-order valence-electron chi connectivity index (χ2n) is 4.57. The average Bonchev–Trinajstić information content (AvgIpc) is 2.83. The first-order valence-corrected chi connectivity index (χ1v) is 7.05. The van der Waals surface area contributed by atoms with Gasteiger partial charge in [-0.2, -0.15) is 0 Å². The summed E-state index contributed by atoms with van der Waals surface area (Å²) < 4.78 is 5.32. The van der Waals surface area contributed by atoms with Gasteiger partial charge in [-0.15, -0.1) is 11.8 Å². The van der Waals surface area contributed by atoms with E-state index < -0.39 is 0 Å². The normalized spacial score (nSPS) is 24.8. The number of rotatable bonds is 2. The third-order valence-electron chi connectivity index (χ3n) is 3.46. The Bertz CT molecular complexity index is 442. The Kier molecular flexibility index (Phi) is 3.12. The van der Waals surface area contributed by atoms with E-state index >= 15 is 0 Å². The number of ether oxygens (including phenoxy) is 1. The molecule has 2 aliphatic heterocycles. The van der Waals surface area contributed by atoms with Crippen molar-refractivity contribution in [2.24, 2.45) is 0 Å². The second-order valence-corrected chi connectivity index (χ2v) is 5.63. The standard InChI is InChI=1S/C14H16O2S/c15-14(10-4-3-7-16-8-10)12-9-17-13-6-2-1-5-11(12)13/h1-2,5-6,8,12,14-15H,3-4,7,9H2. The van der Waals surface area contributed by atoms with Gasteiger partial charge >= 0.3 is 0 Å². The number of benzene rings is 1. The van der Waals surface area contributed by atoms with E-state index in [1.165, 1.54) is 10.5 Å². The van der Waals surface area contributed by atoms with Crippen LogP contribution in [-0.2, 0) is 4.74 Å². The molecule has 0 bridgehead atoms. The van der Waals surface area contributed by atoms with Crippen LogP contribution in [0.25, 0.3) is 0 Å². The number of fused-ring (bicyclic) bond motifs is 1. The van der Waals surface area contributed by atoms with Crippen molar-refractivity contribution in [1.29, 1.82) is 0 Å². The van der Waals surface area contributed by atoms with Gasteiger partial charge in [0, 0.05) is 16.6 Å². The molecule has 0 aliphatic carbocycles. The first-order chi connectivity index (χ1) is 8.36. The van der Waals surface area contributed by atoms with E-state index in [0.29, 0.717) is 0 Å². The van der Waals surface area contributed by atoms with Crippen LogP contribution in [0.4, 0.5) is 0 Å². The van der Waals surface area contributed by atoms with Gasteiger partial charge in [0.2, 0.25) is 0 Å². The van der Waals surface area contributed by atoms with Gasteiger partial charge in [0.15, 0.2) is 0 Å². The quantitative estimate of drug-likeness (QED) is 0.872. The third-order valence-corrected chi connectivity index (χ3v) is 4.67. The molecule has 3 heteroatoms. The van der Waals surface area contributed by atoms with E-state index in [-0.39, 0.29) is 12.0 Å². The largest absolute Gasteiger partial charge is 0.501 e. The Hall–Kier alpha value is -0.930. The molecular weight excluding hydrogens is 232 g/mol. The monoisotopic (exact) mass is 248 g/mol. The average molecular weight is 248 g/mol. The predicted molar refractivity (Wildman–Crippen MR) is 69.2 cm³/mol. The summed E-state index contributed by atoms with van der Waals surface area (Å²) in [6, 6.07) is 8.38. The lowest BCUT2D eigenvalue weighted by Crippen LogP contribution is -2.23. The van der Waals surface area contributed by atoms with Crippen LogP contribution in [0.1, 0.15) is 24.3 Å². The van der Waals surface area contributed by atoms with E-state index in [4.69, 9.17) is 4.74 Å². The smallest absolute Gasteiger partial charge is 0.0876 e. The lowest BCUT2D eigenvalue weighted by Gasteiger charge is -2.23. The number of hydrogen-bond donors (Lipinski definition) is 1. The lowest BCUT2D eigenvalue weighted by atomic mass is 9.89. The summed E-state index contributed by atoms with van der Waals surface area (Å²) in [5.74, 6) is 1.20. The Morgan fingerprint density at radius 3 is 3.06 bits per heavy atom. The summed E-state index contributed by atoms with van der Waals surface area (Å²) >= 11 is 1.84. The Labute approximate surface area is 106 Å². The van der Waals surface area contributed by atoms with Gasteiger partial charge in [-0.05, 0) is 30.0 Å². The second kappa shape index (κ2) is 4.75. The van der Waals surface area contributed by atoms with Gasteiger partial charge in [0.25, 0.3) is 0 Å². The van der Waals surface area contributed by atoms with Crippen LogP contribution < -0.4 is 0 Å². The van der Waals surface area contributed by atoms with Gasteiger partial charge in [0.1, 0.15) is 0 Å². The van der Waals surface area contributed by atoms with Crippen molar-refractivity contribution in [2.75, 3.05) is 12.4 Å². The van der Waals surface area contributed by atoms with Gasteiger partial charge in [-0.25, -0.2) is 0 Å². The highest BCUT2D eigenvalue weighted by Crippen LogP contribution is 2.43. The van der Waals surface area contributed by atoms with E-state index in [1.807, 2.05) is 11.8 Å². The van der Waals surface area contributed by atoms with Gasteiger partial charge in [-0.3, -0.25) is 0 Å². The lowest BCUT2D eigenvalue weighted by molar-refractivity contribution is 0.153. The highest BCUT2D eigenvalue weighted by Gasteiger charge is 2.31. The summed E-state index contributed by atoms with van der Waals surface area (Å²) in [6.45, 7) is 0.784. The Morgan fingerprint density at radius 2 is 2.24 bits per heavy atom. The predicted octanol–water partition coefficient (Wildman–Crippen LogP) is 2.93. The molecule has 0 saturated heterocycles. The zero-order chi connectivity index (χ0) is 11.7. The van der Waals surface area contributed by atoms with Crippen molar-refractivity contribution in [3.05, 3.63) is 41.7 Å². The van der Waals surface area contributed by atoms with Crippen LogP contribution in [0.2, 0.25) is 0 Å². The van der Waals surface area contributed by atoms with Crippen molar-refractivity contribution in [2.45, 2.75) is 29.8 Å². The van der Waals surface area contributed by atoms with Crippen LogP contribution >= 0.6 is 11.8 Å². The first kappa shape index (κ1) is 11.2. The summed E-state index contributed by atoms with van der Waals surface area (Å²) in [6.07, 6.45) is 3.36. The maximum Gasteiger partial charge on any atom is 0.0876 e. The zero-order valence-electron chi connectivity index (χ0n) is 9.63. The molecule has 90 valence electrons. The Balaban J connectivity index is 1.84. The molecule has 1 N–H and O–H groups in total. The fraction of sp³-hybridized carbons (Fsp3) is 0.429. The molecule has 0 amide bonds. The molecule has 2 aliphatic rings. The fourth-order valence-electron chi connectivity index (χ4n) is 2.51. The van der Waals surface area contributed by atoms with Crippen LogP contribution in [0, 0.1) is 0 Å². The zero-order valence-corrected chi connectivity index (χ0v) is 10.5. The number of aliphatic hydroxyl groups excluding tert-OH is 1. The van der Waals surface area contributed by atoms with E-state index in [2.05, 4.69) is 24.3 Å². The van der Waals surface area contributed by atoms with Crippen molar-refractivity contribution < 1.29 is 9.84 Å². The van der Waals surface area contributed by atoms with Crippen molar-refractivity contribution in [3.63, 3.8) is 0 Å². The molecule has 2 unspecified atom stereocenters. The Morgan fingerprint density at radius 1 is 1.35 bits per heavy atom. The van der Waals surface area contributed by atoms with Crippen molar-refractivity contribution in [3.8, 4) is 0 Å². The van der Waals surface area contributed by atoms with Crippen molar-refractivity contribution >= 4 is 11.8 Å². The molecule has 0 spiro atoms. The highest BCUT2D eigenvalue weighted by atomic mass is 32.2. The molecule has 2 nitrogen and oxygen atoms in total. The highest BCUT2D eigenvalue weighted by molar-refractivity contribution is 7.99. The fourth-order valence-corrected chi connectivity index (χ4v) is 3.79. The molecule has 2 heterocycles. The molecule has 3 rings (SSSR count). The van der Waals surface area contributed by atoms with Crippen molar-refractivity contribution in [1.82, 2.24) is 0 Å². The maximum absolute atomic E-state index is 10.5. The minimum absolute atomic E-state index is 0.226. The van der Waals surface area contributed by atoms with Crippen LogP contribution in [0.3, 0.4) is 0 Å². The number of hydrogen-bond acceptors (Lipinski definition) is 3. The van der Waals surface area contributed by atoms with Crippen LogP contribution in [0.15, 0.2) is 41.0 Å². The number of aliphatic hydroxyl groups is 1. The van der Waals surface area contributed by atoms with Gasteiger partial charge in [0.05, 0.1) is 19.0 Å². The molecule has 0 fully saturated rings. The molecule has 0 aromatic heterocycles. The molecule has 1 aromatic rings. The summed E-state index contributed by atoms with van der Waals surface area (Å²) in [5, 5.41) is 10.5. The molecule has 0 saturated carbocycles. The molecule has 1 aromatic carbocycles. The van der Waals surface area contributed by atoms with Crippen LogP contribution in [0.5, 0.6) is 0 Å². The molecular formula is C14H16O2S. The first-order valence-electron chi connectivity index (χ1n) is 6.06. The number of thioether (sulfide) groups is 1. The van der Waals surface area contributed by atoms with E-state index in [9.17, 15) is 5.11 Å². The third kappa shape index (κ3) is 2.09. The summed E-state index contributed by atoms with van der Waals surface area (Å²) in [7, 11) is 0. The SMILES string of the molecule is OC(C1=COCCC1)C1CSc2ccccc21. The van der Waals surface area contributed by atoms with Crippen LogP contribution in [-0.4, -0.2) is 23.6 Å². The molecule has 0 radical (unpaired) electrons. The molecule has 17 heavy (non-hydrogen) atoms. The maximum atomic E-state index is 10.5. The minimum atomic E-state index is -0.383. The van der Waals surface area contributed by atoms with E-state index in [1.54, 1.807) is 6.26 Å². The van der Waals surface area contributed by atoms with Gasteiger partial charge < -0.3 is 9.84 Å². The van der Waals surface area contributed by atoms with Gasteiger partial charge in [-0.1, -0.05) is 18.2 Å². The van der Waals surface area contributed by atoms with E-state index in [0.717, 1.165) is 30.8 Å². The summed E-state index contributed by atoms with van der Waals surface area (Å²) in [5.41, 5.74) is 2.34. The minimum Gasteiger partial charge on any atom is -0.501 e.